The van der Waals surface area contributed by atoms with Gasteiger partial charge < -0.3 is 10.0 Å². The molecule has 148 valence electrons. The number of sulfonamides is 1. The molecule has 0 bridgehead atoms. The summed E-state index contributed by atoms with van der Waals surface area (Å²) in [6.07, 6.45) is -1.89. The summed E-state index contributed by atoms with van der Waals surface area (Å²) >= 11 is 0. The third-order valence-electron chi connectivity index (χ3n) is 4.56. The second kappa shape index (κ2) is 8.69. The lowest BCUT2D eigenvalue weighted by atomic mass is 9.96. The van der Waals surface area contributed by atoms with Crippen LogP contribution in [0, 0.1) is 5.92 Å². The summed E-state index contributed by atoms with van der Waals surface area (Å²) in [6, 6.07) is 4.86. The van der Waals surface area contributed by atoms with Gasteiger partial charge in [-0.1, -0.05) is 12.1 Å². The van der Waals surface area contributed by atoms with E-state index in [1.165, 1.54) is 12.1 Å². The van der Waals surface area contributed by atoms with Gasteiger partial charge in [0, 0.05) is 13.1 Å². The first-order valence-electron chi connectivity index (χ1n) is 8.54. The van der Waals surface area contributed by atoms with Crippen molar-refractivity contribution < 1.29 is 26.7 Å². The zero-order valence-corrected chi connectivity index (χ0v) is 15.5. The number of nitrogens with zero attached hydrogens (tertiary/aromatic N) is 1. The first-order valence-corrected chi connectivity index (χ1v) is 10.4. The van der Waals surface area contributed by atoms with E-state index in [0.717, 1.165) is 44.3 Å². The van der Waals surface area contributed by atoms with E-state index in [0.29, 0.717) is 25.1 Å². The minimum Gasteiger partial charge on any atom is -0.391 e. The Kier molecular flexibility index (Phi) is 7.06. The topological polar surface area (TPSA) is 69.6 Å². The molecule has 9 heteroatoms. The summed E-state index contributed by atoms with van der Waals surface area (Å²) in [7, 11) is -3.18. The summed E-state index contributed by atoms with van der Waals surface area (Å²) in [6.45, 7) is 2.41. The van der Waals surface area contributed by atoms with E-state index < -0.39 is 27.9 Å². The third-order valence-corrected chi connectivity index (χ3v) is 5.25. The molecular formula is C17H25F3N2O3S. The normalized spacial score (nSPS) is 18.8. The van der Waals surface area contributed by atoms with Crippen molar-refractivity contribution in [1.82, 2.24) is 9.62 Å². The van der Waals surface area contributed by atoms with Crippen molar-refractivity contribution in [3.63, 3.8) is 0 Å². The highest BCUT2D eigenvalue weighted by Gasteiger charge is 2.30. The number of likely N-dealkylation sites (tertiary alicyclic amines) is 1. The van der Waals surface area contributed by atoms with E-state index >= 15 is 0 Å². The first-order chi connectivity index (χ1) is 12.0. The van der Waals surface area contributed by atoms with Crippen LogP contribution in [0.15, 0.2) is 24.3 Å². The number of piperidine rings is 1. The minimum absolute atomic E-state index is 0.285. The molecule has 1 aliphatic heterocycles. The number of halogens is 3. The van der Waals surface area contributed by atoms with Crippen molar-refractivity contribution in [2.24, 2.45) is 5.92 Å². The van der Waals surface area contributed by atoms with Crippen LogP contribution in [0.5, 0.6) is 0 Å². The van der Waals surface area contributed by atoms with Gasteiger partial charge in [0.1, 0.15) is 0 Å². The summed E-state index contributed by atoms with van der Waals surface area (Å²) in [5, 5.41) is 10.2. The van der Waals surface area contributed by atoms with E-state index in [-0.39, 0.29) is 5.92 Å². The molecule has 2 N–H and O–H groups in total. The second-order valence-corrected chi connectivity index (χ2v) is 8.75. The predicted octanol–water partition coefficient (Wildman–Crippen LogP) is 1.87. The number of aliphatic hydroxyl groups is 1. The highest BCUT2D eigenvalue weighted by molar-refractivity contribution is 7.88. The van der Waals surface area contributed by atoms with E-state index in [1.54, 1.807) is 0 Å². The third kappa shape index (κ3) is 7.22. The molecule has 1 aromatic carbocycles. The molecule has 0 saturated carbocycles. The molecule has 1 atom stereocenters. The summed E-state index contributed by atoms with van der Waals surface area (Å²) < 4.78 is 62.4. The molecule has 5 nitrogen and oxygen atoms in total. The van der Waals surface area contributed by atoms with Gasteiger partial charge in [-0.2, -0.15) is 13.2 Å². The lowest BCUT2D eigenvalue weighted by Crippen LogP contribution is -2.42. The maximum Gasteiger partial charge on any atom is 0.416 e. The van der Waals surface area contributed by atoms with Gasteiger partial charge >= 0.3 is 6.18 Å². The molecule has 1 aliphatic rings. The molecule has 26 heavy (non-hydrogen) atoms. The average molecular weight is 394 g/mol. The Hall–Kier alpha value is -1.16. The molecule has 1 aromatic rings. The maximum atomic E-state index is 12.5. The van der Waals surface area contributed by atoms with Crippen LogP contribution in [0.25, 0.3) is 0 Å². The highest BCUT2D eigenvalue weighted by atomic mass is 32.2. The summed E-state index contributed by atoms with van der Waals surface area (Å²) in [5.41, 5.74) is -0.0294. The van der Waals surface area contributed by atoms with Gasteiger partial charge in [-0.15, -0.1) is 0 Å². The molecule has 0 aromatic heterocycles. The zero-order valence-electron chi connectivity index (χ0n) is 14.7. The number of hydrogen-bond acceptors (Lipinski definition) is 4. The molecule has 0 aliphatic carbocycles. The molecule has 1 saturated heterocycles. The first kappa shape index (κ1) is 21.1. The van der Waals surface area contributed by atoms with Crippen molar-refractivity contribution in [2.45, 2.75) is 31.5 Å². The van der Waals surface area contributed by atoms with Gasteiger partial charge in [0.15, 0.2) is 0 Å². The fourth-order valence-electron chi connectivity index (χ4n) is 3.11. The van der Waals surface area contributed by atoms with E-state index in [2.05, 4.69) is 9.62 Å². The van der Waals surface area contributed by atoms with Crippen LogP contribution < -0.4 is 4.72 Å². The van der Waals surface area contributed by atoms with Crippen molar-refractivity contribution in [2.75, 3.05) is 32.4 Å². The van der Waals surface area contributed by atoms with Crippen molar-refractivity contribution in [3.05, 3.63) is 35.4 Å². The lowest BCUT2D eigenvalue weighted by molar-refractivity contribution is -0.137. The standard InChI is InChI=1S/C17H25F3N2O3S/c1-26(24,25)21-11-14-6-8-22(9-7-14)12-16(23)10-13-2-4-15(5-3-13)17(18,19)20/h2-5,14,16,21,23H,6-12H2,1H3. The number of β-amino-alcohol motifs (C(OH)–C–C–N with tert-alkyl or cyclic N) is 1. The number of benzene rings is 1. The van der Waals surface area contributed by atoms with Crippen LogP contribution in [-0.4, -0.2) is 57.0 Å². The Morgan fingerprint density at radius 3 is 2.31 bits per heavy atom. The lowest BCUT2D eigenvalue weighted by Gasteiger charge is -2.33. The van der Waals surface area contributed by atoms with Crippen LogP contribution in [0.4, 0.5) is 13.2 Å². The van der Waals surface area contributed by atoms with Gasteiger partial charge in [0.05, 0.1) is 17.9 Å². The smallest absolute Gasteiger partial charge is 0.391 e. The monoisotopic (exact) mass is 394 g/mol. The van der Waals surface area contributed by atoms with Gasteiger partial charge in [-0.3, -0.25) is 0 Å². The van der Waals surface area contributed by atoms with E-state index in [4.69, 9.17) is 0 Å². The number of alkyl halides is 3. The van der Waals surface area contributed by atoms with Crippen molar-refractivity contribution in [1.29, 1.82) is 0 Å². The highest BCUT2D eigenvalue weighted by Crippen LogP contribution is 2.29. The molecule has 0 radical (unpaired) electrons. The largest absolute Gasteiger partial charge is 0.416 e. The van der Waals surface area contributed by atoms with Gasteiger partial charge in [-0.05, 0) is 56.0 Å². The second-order valence-electron chi connectivity index (χ2n) is 6.92. The molecule has 1 fully saturated rings. The summed E-state index contributed by atoms with van der Waals surface area (Å²) in [5.74, 6) is 0.285. The molecule has 2 rings (SSSR count). The Labute approximate surface area is 152 Å². The van der Waals surface area contributed by atoms with Crippen LogP contribution in [0.1, 0.15) is 24.0 Å². The fourth-order valence-corrected chi connectivity index (χ4v) is 3.65. The Bertz CT molecular complexity index is 669. The van der Waals surface area contributed by atoms with Crippen LogP contribution in [0.3, 0.4) is 0 Å². The fraction of sp³-hybridized carbons (Fsp3) is 0.647. The van der Waals surface area contributed by atoms with Crippen LogP contribution in [-0.2, 0) is 22.6 Å². The Morgan fingerprint density at radius 2 is 1.81 bits per heavy atom. The number of nitrogens with one attached hydrogen (secondary N) is 1. The van der Waals surface area contributed by atoms with Crippen molar-refractivity contribution in [3.8, 4) is 0 Å². The molecule has 1 unspecified atom stereocenters. The zero-order chi connectivity index (χ0) is 19.4. The number of rotatable bonds is 7. The van der Waals surface area contributed by atoms with Crippen LogP contribution >= 0.6 is 0 Å². The van der Waals surface area contributed by atoms with E-state index in [9.17, 15) is 26.7 Å². The Balaban J connectivity index is 1.74. The molecule has 1 heterocycles. The number of hydrogen-bond donors (Lipinski definition) is 2. The average Bonchev–Trinajstić information content (AvgIpc) is 2.53. The van der Waals surface area contributed by atoms with Gasteiger partial charge in [0.2, 0.25) is 10.0 Å². The quantitative estimate of drug-likeness (QED) is 0.741. The van der Waals surface area contributed by atoms with Gasteiger partial charge in [-0.25, -0.2) is 13.1 Å². The Morgan fingerprint density at radius 1 is 1.23 bits per heavy atom. The van der Waals surface area contributed by atoms with Crippen LogP contribution in [0.2, 0.25) is 0 Å². The number of aliphatic hydroxyl groups excluding tert-OH is 1. The molecule has 0 spiro atoms. The molecular weight excluding hydrogens is 369 g/mol. The predicted molar refractivity (Wildman–Crippen MR) is 93.2 cm³/mol. The van der Waals surface area contributed by atoms with E-state index in [1.807, 2.05) is 0 Å². The maximum absolute atomic E-state index is 12.5. The summed E-state index contributed by atoms with van der Waals surface area (Å²) in [4.78, 5) is 2.10. The van der Waals surface area contributed by atoms with Crippen molar-refractivity contribution >= 4 is 10.0 Å². The van der Waals surface area contributed by atoms with Gasteiger partial charge in [0.25, 0.3) is 0 Å². The molecule has 0 amide bonds. The SMILES string of the molecule is CS(=O)(=O)NCC1CCN(CC(O)Cc2ccc(C(F)(F)F)cc2)CC1. The minimum atomic E-state index is -4.35.